The normalized spacial score (nSPS) is 10.8. The van der Waals surface area contributed by atoms with E-state index in [1.54, 1.807) is 17.5 Å². The first-order valence-corrected chi connectivity index (χ1v) is 7.19. The van der Waals surface area contributed by atoms with Crippen LogP contribution in [0.4, 0.5) is 5.13 Å². The third-order valence-corrected chi connectivity index (χ3v) is 4.00. The van der Waals surface area contributed by atoms with Crippen molar-refractivity contribution in [3.63, 3.8) is 0 Å². The molecule has 4 heteroatoms. The third-order valence-electron chi connectivity index (χ3n) is 3.03. The number of aromatic nitrogens is 2. The van der Waals surface area contributed by atoms with Crippen molar-refractivity contribution in [2.24, 2.45) is 0 Å². The number of hydrogen-bond donors (Lipinski definition) is 1. The highest BCUT2D eigenvalue weighted by Gasteiger charge is 2.04. The van der Waals surface area contributed by atoms with Crippen molar-refractivity contribution in [2.45, 2.75) is 19.9 Å². The zero-order valence-electron chi connectivity index (χ0n) is 10.8. The molecule has 0 atom stereocenters. The van der Waals surface area contributed by atoms with Crippen LogP contribution in [0.15, 0.2) is 42.7 Å². The van der Waals surface area contributed by atoms with Crippen molar-refractivity contribution in [1.29, 1.82) is 0 Å². The number of hydrogen-bond acceptors (Lipinski definition) is 4. The zero-order chi connectivity index (χ0) is 13.1. The third kappa shape index (κ3) is 2.74. The summed E-state index contributed by atoms with van der Waals surface area (Å²) in [7, 11) is 0. The number of anilines is 1. The van der Waals surface area contributed by atoms with E-state index in [2.05, 4.69) is 46.5 Å². The molecule has 0 saturated carbocycles. The van der Waals surface area contributed by atoms with Crippen LogP contribution in [0.2, 0.25) is 0 Å². The Labute approximate surface area is 116 Å². The molecule has 1 aromatic carbocycles. The smallest absolute Gasteiger partial charge is 0.184 e. The molecular weight excluding hydrogens is 254 g/mol. The minimum absolute atomic E-state index is 0.758. The highest BCUT2D eigenvalue weighted by atomic mass is 32.1. The molecule has 0 unspecified atom stereocenters. The van der Waals surface area contributed by atoms with Crippen molar-refractivity contribution in [3.05, 3.63) is 53.9 Å². The summed E-state index contributed by atoms with van der Waals surface area (Å²) in [5.41, 5.74) is 3.59. The maximum Gasteiger partial charge on any atom is 0.184 e. The van der Waals surface area contributed by atoms with Crippen LogP contribution >= 0.6 is 11.3 Å². The Bertz CT molecular complexity index is 676. The fraction of sp³-hybridized carbons (Fsp3) is 0.200. The van der Waals surface area contributed by atoms with Gasteiger partial charge in [-0.3, -0.25) is 4.98 Å². The topological polar surface area (TPSA) is 37.8 Å². The summed E-state index contributed by atoms with van der Waals surface area (Å²) in [6.45, 7) is 2.93. The van der Waals surface area contributed by atoms with Crippen LogP contribution in [-0.4, -0.2) is 9.97 Å². The van der Waals surface area contributed by atoms with Crippen LogP contribution in [0, 0.1) is 0 Å². The van der Waals surface area contributed by atoms with E-state index in [-0.39, 0.29) is 0 Å². The van der Waals surface area contributed by atoms with E-state index in [4.69, 9.17) is 0 Å². The Morgan fingerprint density at radius 1 is 1.21 bits per heavy atom. The van der Waals surface area contributed by atoms with Crippen LogP contribution in [0.25, 0.3) is 10.2 Å². The maximum absolute atomic E-state index is 4.59. The predicted octanol–water partition coefficient (Wildman–Crippen LogP) is 3.87. The fourth-order valence-corrected chi connectivity index (χ4v) is 2.87. The van der Waals surface area contributed by atoms with Gasteiger partial charge in [0.05, 0.1) is 10.2 Å². The Hall–Kier alpha value is -1.94. The Balaban J connectivity index is 1.78. The summed E-state index contributed by atoms with van der Waals surface area (Å²) in [5, 5.41) is 4.32. The van der Waals surface area contributed by atoms with Gasteiger partial charge in [0.1, 0.15) is 0 Å². The van der Waals surface area contributed by atoms with Crippen LogP contribution in [0.3, 0.4) is 0 Å². The molecule has 0 radical (unpaired) electrons. The Kier molecular flexibility index (Phi) is 3.42. The minimum atomic E-state index is 0.758. The first kappa shape index (κ1) is 12.1. The number of thiazole rings is 1. The summed E-state index contributed by atoms with van der Waals surface area (Å²) < 4.78 is 1.24. The molecular formula is C15H15N3S. The molecule has 2 aromatic heterocycles. The maximum atomic E-state index is 4.59. The molecule has 3 aromatic rings. The second kappa shape index (κ2) is 5.36. The number of benzene rings is 1. The largest absolute Gasteiger partial charge is 0.357 e. The number of aryl methyl sites for hydroxylation is 1. The van der Waals surface area contributed by atoms with E-state index in [1.165, 1.54) is 10.3 Å². The monoisotopic (exact) mass is 269 g/mol. The predicted molar refractivity (Wildman–Crippen MR) is 80.6 cm³/mol. The summed E-state index contributed by atoms with van der Waals surface area (Å²) >= 11 is 1.70. The molecule has 1 N–H and O–H groups in total. The molecule has 0 bridgehead atoms. The van der Waals surface area contributed by atoms with Gasteiger partial charge in [-0.15, -0.1) is 0 Å². The number of fused-ring (bicyclic) bond motifs is 1. The van der Waals surface area contributed by atoms with E-state index >= 15 is 0 Å². The molecule has 0 aliphatic heterocycles. The van der Waals surface area contributed by atoms with E-state index in [0.29, 0.717) is 0 Å². The van der Waals surface area contributed by atoms with E-state index in [0.717, 1.165) is 29.2 Å². The average Bonchev–Trinajstić information content (AvgIpc) is 2.88. The van der Waals surface area contributed by atoms with Gasteiger partial charge in [0.2, 0.25) is 0 Å². The minimum Gasteiger partial charge on any atom is -0.357 e. The zero-order valence-corrected chi connectivity index (χ0v) is 11.6. The molecule has 0 aliphatic rings. The molecule has 3 rings (SSSR count). The quantitative estimate of drug-likeness (QED) is 0.781. The highest BCUT2D eigenvalue weighted by Crippen LogP contribution is 2.27. The standard InChI is InChI=1S/C15H15N3S/c1-2-11-5-6-13-14(8-11)19-15(18-13)17-10-12-4-3-7-16-9-12/h3-9H,2,10H2,1H3,(H,17,18). The summed E-state index contributed by atoms with van der Waals surface area (Å²) in [5.74, 6) is 0. The lowest BCUT2D eigenvalue weighted by molar-refractivity contribution is 1.11. The number of nitrogens with zero attached hydrogens (tertiary/aromatic N) is 2. The van der Waals surface area contributed by atoms with E-state index in [1.807, 2.05) is 12.3 Å². The van der Waals surface area contributed by atoms with Gasteiger partial charge in [-0.2, -0.15) is 0 Å². The first-order chi connectivity index (χ1) is 9.35. The number of rotatable bonds is 4. The molecule has 0 saturated heterocycles. The van der Waals surface area contributed by atoms with E-state index in [9.17, 15) is 0 Å². The van der Waals surface area contributed by atoms with Crippen molar-refractivity contribution < 1.29 is 0 Å². The van der Waals surface area contributed by atoms with Crippen LogP contribution < -0.4 is 5.32 Å². The molecule has 19 heavy (non-hydrogen) atoms. The molecule has 96 valence electrons. The number of pyridine rings is 1. The second-order valence-electron chi connectivity index (χ2n) is 4.39. The lowest BCUT2D eigenvalue weighted by atomic mass is 10.2. The van der Waals surface area contributed by atoms with Gasteiger partial charge in [-0.1, -0.05) is 30.4 Å². The first-order valence-electron chi connectivity index (χ1n) is 6.37. The van der Waals surface area contributed by atoms with Crippen molar-refractivity contribution in [1.82, 2.24) is 9.97 Å². The molecule has 3 nitrogen and oxygen atoms in total. The summed E-state index contributed by atoms with van der Waals surface area (Å²) in [6.07, 6.45) is 4.72. The highest BCUT2D eigenvalue weighted by molar-refractivity contribution is 7.22. The molecule has 0 aliphatic carbocycles. The van der Waals surface area contributed by atoms with Crippen molar-refractivity contribution in [2.75, 3.05) is 5.32 Å². The fourth-order valence-electron chi connectivity index (χ4n) is 1.94. The SMILES string of the molecule is CCc1ccc2nc(NCc3cccnc3)sc2c1. The van der Waals surface area contributed by atoms with Crippen LogP contribution in [-0.2, 0) is 13.0 Å². The Morgan fingerprint density at radius 3 is 2.95 bits per heavy atom. The lowest BCUT2D eigenvalue weighted by Crippen LogP contribution is -1.98. The number of nitrogens with one attached hydrogen (secondary N) is 1. The summed E-state index contributed by atoms with van der Waals surface area (Å²) in [6, 6.07) is 10.5. The van der Waals surface area contributed by atoms with Gasteiger partial charge in [-0.05, 0) is 35.7 Å². The van der Waals surface area contributed by atoms with Crippen molar-refractivity contribution in [3.8, 4) is 0 Å². The van der Waals surface area contributed by atoms with Crippen molar-refractivity contribution >= 4 is 26.7 Å². The molecule has 0 spiro atoms. The lowest BCUT2D eigenvalue weighted by Gasteiger charge is -2.00. The van der Waals surface area contributed by atoms with Gasteiger partial charge in [0.15, 0.2) is 5.13 Å². The van der Waals surface area contributed by atoms with Gasteiger partial charge in [0, 0.05) is 18.9 Å². The average molecular weight is 269 g/mol. The molecule has 0 amide bonds. The van der Waals surface area contributed by atoms with Gasteiger partial charge in [-0.25, -0.2) is 4.98 Å². The van der Waals surface area contributed by atoms with Gasteiger partial charge in [0.25, 0.3) is 0 Å². The van der Waals surface area contributed by atoms with Gasteiger partial charge < -0.3 is 5.32 Å². The van der Waals surface area contributed by atoms with Gasteiger partial charge >= 0.3 is 0 Å². The molecule has 2 heterocycles. The molecule has 0 fully saturated rings. The second-order valence-corrected chi connectivity index (χ2v) is 5.42. The van der Waals surface area contributed by atoms with Crippen LogP contribution in [0.1, 0.15) is 18.1 Å². The van der Waals surface area contributed by atoms with E-state index < -0.39 is 0 Å². The summed E-state index contributed by atoms with van der Waals surface area (Å²) in [4.78, 5) is 8.70. The van der Waals surface area contributed by atoms with Crippen LogP contribution in [0.5, 0.6) is 0 Å². The Morgan fingerprint density at radius 2 is 2.16 bits per heavy atom.